The lowest BCUT2D eigenvalue weighted by Gasteiger charge is -2.16. The number of aryl methyl sites for hydroxylation is 1. The van der Waals surface area contributed by atoms with E-state index in [1.165, 1.54) is 6.20 Å². The van der Waals surface area contributed by atoms with Crippen LogP contribution in [0.25, 0.3) is 0 Å². The Morgan fingerprint density at radius 1 is 1.31 bits per heavy atom. The lowest BCUT2D eigenvalue weighted by Crippen LogP contribution is -2.39. The molecule has 2 atom stereocenters. The average molecular weight is 360 g/mol. The van der Waals surface area contributed by atoms with Gasteiger partial charge in [-0.25, -0.2) is 14.2 Å². The van der Waals surface area contributed by atoms with Gasteiger partial charge in [-0.05, 0) is 31.9 Å². The van der Waals surface area contributed by atoms with Gasteiger partial charge in [0.2, 0.25) is 0 Å². The zero-order valence-corrected chi connectivity index (χ0v) is 14.3. The van der Waals surface area contributed by atoms with Gasteiger partial charge in [-0.2, -0.15) is 0 Å². The van der Waals surface area contributed by atoms with Crippen molar-refractivity contribution in [2.75, 3.05) is 6.61 Å². The summed E-state index contributed by atoms with van der Waals surface area (Å²) in [5, 5.41) is 9.17. The number of nitrogens with zero attached hydrogens (tertiary/aromatic N) is 1. The molecule has 0 aliphatic carbocycles. The fourth-order valence-electron chi connectivity index (χ4n) is 2.84. The number of H-pyrrole nitrogens is 1. The Bertz CT molecular complexity index is 899. The maximum Gasteiger partial charge on any atom is 0.338 e. The predicted octanol–water partition coefficient (Wildman–Crippen LogP) is 0.872. The number of ether oxygens (including phenoxy) is 2. The molecule has 2 aromatic rings. The van der Waals surface area contributed by atoms with Crippen molar-refractivity contribution < 1.29 is 19.4 Å². The van der Waals surface area contributed by atoms with E-state index >= 15 is 0 Å². The summed E-state index contributed by atoms with van der Waals surface area (Å²) in [5.74, 6) is -0.450. The number of aliphatic hydroxyl groups is 1. The largest absolute Gasteiger partial charge is 0.459 e. The van der Waals surface area contributed by atoms with Gasteiger partial charge in [0.15, 0.2) is 0 Å². The molecule has 0 radical (unpaired) electrons. The second-order valence-corrected chi connectivity index (χ2v) is 6.21. The van der Waals surface area contributed by atoms with Crippen molar-refractivity contribution in [2.24, 2.45) is 0 Å². The topological polar surface area (TPSA) is 111 Å². The summed E-state index contributed by atoms with van der Waals surface area (Å²) in [4.78, 5) is 38.6. The second-order valence-electron chi connectivity index (χ2n) is 6.21. The van der Waals surface area contributed by atoms with E-state index in [1.807, 2.05) is 19.1 Å². The molecule has 0 amide bonds. The van der Waals surface area contributed by atoms with Crippen LogP contribution in [0.1, 0.15) is 40.6 Å². The number of aromatic amines is 1. The van der Waals surface area contributed by atoms with Crippen LogP contribution >= 0.6 is 0 Å². The molecule has 1 aromatic carbocycles. The van der Waals surface area contributed by atoms with Crippen molar-refractivity contribution in [3.05, 3.63) is 68.0 Å². The Balaban J connectivity index is 1.63. The lowest BCUT2D eigenvalue weighted by molar-refractivity contribution is -0.0353. The van der Waals surface area contributed by atoms with Crippen LogP contribution in [0.3, 0.4) is 0 Å². The Labute approximate surface area is 149 Å². The molecular formula is C18H20N2O6. The van der Waals surface area contributed by atoms with Crippen LogP contribution in [-0.2, 0) is 16.1 Å². The molecule has 1 saturated heterocycles. The third-order valence-electron chi connectivity index (χ3n) is 4.31. The maximum absolute atomic E-state index is 12.2. The number of hydrogen-bond acceptors (Lipinski definition) is 6. The quantitative estimate of drug-likeness (QED) is 0.766. The minimum absolute atomic E-state index is 0.0373. The molecule has 0 bridgehead atoms. The van der Waals surface area contributed by atoms with Gasteiger partial charge in [-0.15, -0.1) is 0 Å². The fraction of sp³-hybridized carbons (Fsp3) is 0.389. The SMILES string of the molecule is Cc1ccc(C(=O)OCC2CCC(n3c(=O)[nH]cc(CO)c3=O)O2)cc1. The zero-order chi connectivity index (χ0) is 18.7. The third-order valence-corrected chi connectivity index (χ3v) is 4.31. The van der Waals surface area contributed by atoms with Crippen LogP contribution in [-0.4, -0.2) is 33.3 Å². The van der Waals surface area contributed by atoms with Crippen LogP contribution < -0.4 is 11.2 Å². The molecule has 1 aliphatic rings. The minimum atomic E-state index is -0.749. The summed E-state index contributed by atoms with van der Waals surface area (Å²) in [6, 6.07) is 7.03. The zero-order valence-electron chi connectivity index (χ0n) is 14.3. The monoisotopic (exact) mass is 360 g/mol. The summed E-state index contributed by atoms with van der Waals surface area (Å²) in [6.45, 7) is 1.49. The number of benzene rings is 1. The Morgan fingerprint density at radius 2 is 2.04 bits per heavy atom. The molecule has 138 valence electrons. The van der Waals surface area contributed by atoms with E-state index in [-0.39, 0.29) is 12.2 Å². The molecule has 1 aromatic heterocycles. The van der Waals surface area contributed by atoms with Gasteiger partial charge in [-0.1, -0.05) is 17.7 Å². The summed E-state index contributed by atoms with van der Waals surface area (Å²) >= 11 is 0. The number of aliphatic hydroxyl groups excluding tert-OH is 1. The Kier molecular flexibility index (Phi) is 5.34. The predicted molar refractivity (Wildman–Crippen MR) is 91.9 cm³/mol. The number of hydrogen-bond donors (Lipinski definition) is 2. The first kappa shape index (κ1) is 18.1. The summed E-state index contributed by atoms with van der Waals surface area (Å²) in [6.07, 6.45) is 1.02. The number of nitrogens with one attached hydrogen (secondary N) is 1. The molecule has 0 saturated carbocycles. The van der Waals surface area contributed by atoms with Crippen LogP contribution in [0.2, 0.25) is 0 Å². The first-order valence-electron chi connectivity index (χ1n) is 8.33. The first-order chi connectivity index (χ1) is 12.5. The summed E-state index contributed by atoms with van der Waals surface area (Å²) in [7, 11) is 0. The lowest BCUT2D eigenvalue weighted by atomic mass is 10.1. The van der Waals surface area contributed by atoms with Gasteiger partial charge in [0, 0.05) is 6.20 Å². The molecule has 0 spiro atoms. The van der Waals surface area contributed by atoms with Crippen LogP contribution in [0.5, 0.6) is 0 Å². The smallest absolute Gasteiger partial charge is 0.338 e. The molecule has 2 N–H and O–H groups in total. The van der Waals surface area contributed by atoms with Gasteiger partial charge in [0.05, 0.1) is 23.8 Å². The number of aromatic nitrogens is 2. The fourth-order valence-corrected chi connectivity index (χ4v) is 2.84. The maximum atomic E-state index is 12.2. The van der Waals surface area contributed by atoms with Crippen molar-refractivity contribution in [1.29, 1.82) is 0 Å². The van der Waals surface area contributed by atoms with E-state index in [2.05, 4.69) is 4.98 Å². The van der Waals surface area contributed by atoms with E-state index in [0.717, 1.165) is 10.1 Å². The van der Waals surface area contributed by atoms with E-state index in [1.54, 1.807) is 12.1 Å². The average Bonchev–Trinajstić information content (AvgIpc) is 3.09. The van der Waals surface area contributed by atoms with Crippen molar-refractivity contribution in [1.82, 2.24) is 9.55 Å². The number of rotatable bonds is 5. The number of esters is 1. The highest BCUT2D eigenvalue weighted by Gasteiger charge is 2.30. The highest BCUT2D eigenvalue weighted by molar-refractivity contribution is 5.89. The highest BCUT2D eigenvalue weighted by atomic mass is 16.6. The molecule has 8 nitrogen and oxygen atoms in total. The van der Waals surface area contributed by atoms with Crippen LogP contribution in [0, 0.1) is 6.92 Å². The molecule has 8 heteroatoms. The number of carbonyl (C=O) groups excluding carboxylic acids is 1. The van der Waals surface area contributed by atoms with Gasteiger partial charge in [-0.3, -0.25) is 4.79 Å². The van der Waals surface area contributed by atoms with Crippen LogP contribution in [0.4, 0.5) is 0 Å². The van der Waals surface area contributed by atoms with Crippen molar-refractivity contribution in [2.45, 2.75) is 38.7 Å². The standard InChI is InChI=1S/C18H20N2O6/c1-11-2-4-12(5-3-11)17(23)25-10-14-6-7-15(26-14)20-16(22)13(9-21)8-19-18(20)24/h2-5,8,14-15,21H,6-7,9-10H2,1H3,(H,19,24). The van der Waals surface area contributed by atoms with E-state index in [4.69, 9.17) is 14.6 Å². The molecule has 3 rings (SSSR count). The van der Waals surface area contributed by atoms with Crippen molar-refractivity contribution in [3.8, 4) is 0 Å². The van der Waals surface area contributed by atoms with E-state index < -0.39 is 36.2 Å². The van der Waals surface area contributed by atoms with Gasteiger partial charge >= 0.3 is 11.7 Å². The Hall–Kier alpha value is -2.71. The molecule has 2 unspecified atom stereocenters. The van der Waals surface area contributed by atoms with E-state index in [9.17, 15) is 14.4 Å². The summed E-state index contributed by atoms with van der Waals surface area (Å²) in [5.41, 5.74) is 0.397. The highest BCUT2D eigenvalue weighted by Crippen LogP contribution is 2.26. The molecule has 26 heavy (non-hydrogen) atoms. The molecule has 1 aliphatic heterocycles. The molecule has 1 fully saturated rings. The van der Waals surface area contributed by atoms with Crippen molar-refractivity contribution >= 4 is 5.97 Å². The second kappa shape index (κ2) is 7.67. The third kappa shape index (κ3) is 3.76. The van der Waals surface area contributed by atoms with Gasteiger partial charge in [0.1, 0.15) is 12.8 Å². The number of carbonyl (C=O) groups is 1. The van der Waals surface area contributed by atoms with E-state index in [0.29, 0.717) is 18.4 Å². The van der Waals surface area contributed by atoms with Gasteiger partial charge < -0.3 is 19.6 Å². The summed E-state index contributed by atoms with van der Waals surface area (Å²) < 4.78 is 11.9. The van der Waals surface area contributed by atoms with Gasteiger partial charge in [0.25, 0.3) is 5.56 Å². The molecular weight excluding hydrogens is 340 g/mol. The van der Waals surface area contributed by atoms with Crippen LogP contribution in [0.15, 0.2) is 40.1 Å². The van der Waals surface area contributed by atoms with Crippen molar-refractivity contribution in [3.63, 3.8) is 0 Å². The normalized spacial score (nSPS) is 19.5. The first-order valence-corrected chi connectivity index (χ1v) is 8.33. The minimum Gasteiger partial charge on any atom is -0.459 e. The molecule has 2 heterocycles. The Morgan fingerprint density at radius 3 is 2.73 bits per heavy atom.